The molecule has 0 saturated carbocycles. The van der Waals surface area contributed by atoms with E-state index in [1.54, 1.807) is 36.4 Å². The Labute approximate surface area is 131 Å². The first kappa shape index (κ1) is 16.6. The van der Waals surface area contributed by atoms with E-state index in [0.29, 0.717) is 0 Å². The van der Waals surface area contributed by atoms with E-state index >= 15 is 0 Å². The zero-order chi connectivity index (χ0) is 16.3. The number of hydrogen-bond donors (Lipinski definition) is 1. The Balaban J connectivity index is 2.31. The fourth-order valence-corrected chi connectivity index (χ4v) is 3.58. The molecule has 2 aromatic rings. The fraction of sp³-hybridized carbons (Fsp3) is 0.294. The monoisotopic (exact) mass is 321 g/mol. The van der Waals surface area contributed by atoms with Crippen molar-refractivity contribution in [2.24, 2.45) is 5.92 Å². The molecule has 1 atom stereocenters. The van der Waals surface area contributed by atoms with E-state index in [1.165, 1.54) is 12.1 Å². The van der Waals surface area contributed by atoms with Gasteiger partial charge in [0, 0.05) is 6.04 Å². The molecular weight excluding hydrogens is 301 g/mol. The summed E-state index contributed by atoms with van der Waals surface area (Å²) in [5.41, 5.74) is 1.74. The summed E-state index contributed by atoms with van der Waals surface area (Å²) in [6.45, 7) is 5.75. The highest BCUT2D eigenvalue weighted by atomic mass is 32.2. The smallest absolute Gasteiger partial charge is 0.207 e. The molecule has 0 aliphatic carbocycles. The van der Waals surface area contributed by atoms with Gasteiger partial charge in [-0.3, -0.25) is 0 Å². The Morgan fingerprint density at radius 2 is 1.50 bits per heavy atom. The largest absolute Gasteiger partial charge is 0.241 e. The van der Waals surface area contributed by atoms with Gasteiger partial charge in [-0.1, -0.05) is 43.7 Å². The maximum atomic E-state index is 13.1. The van der Waals surface area contributed by atoms with Gasteiger partial charge in [-0.2, -0.15) is 0 Å². The van der Waals surface area contributed by atoms with Gasteiger partial charge in [0.15, 0.2) is 0 Å². The Kier molecular flexibility index (Phi) is 4.98. The van der Waals surface area contributed by atoms with Gasteiger partial charge in [0.25, 0.3) is 0 Å². The standard InChI is InChI=1S/C17H20FNO2S/c1-12(2)17(14-6-8-15(18)9-7-14)19-22(20,21)16-10-4-13(3)5-11-16/h4-12,17,19H,1-3H3. The first-order valence-corrected chi connectivity index (χ1v) is 8.62. The maximum Gasteiger partial charge on any atom is 0.241 e. The molecule has 1 unspecified atom stereocenters. The maximum absolute atomic E-state index is 13.1. The number of aryl methyl sites for hydroxylation is 1. The Morgan fingerprint density at radius 3 is 2.00 bits per heavy atom. The van der Waals surface area contributed by atoms with Gasteiger partial charge in [-0.05, 0) is 42.7 Å². The number of rotatable bonds is 5. The minimum Gasteiger partial charge on any atom is -0.207 e. The molecule has 0 amide bonds. The molecule has 5 heteroatoms. The van der Waals surface area contributed by atoms with Crippen molar-refractivity contribution in [1.82, 2.24) is 4.72 Å². The van der Waals surface area contributed by atoms with Gasteiger partial charge < -0.3 is 0 Å². The van der Waals surface area contributed by atoms with E-state index in [0.717, 1.165) is 11.1 Å². The van der Waals surface area contributed by atoms with E-state index in [2.05, 4.69) is 4.72 Å². The molecule has 0 aromatic heterocycles. The average Bonchev–Trinajstić information content (AvgIpc) is 2.46. The van der Waals surface area contributed by atoms with E-state index in [-0.39, 0.29) is 16.6 Å². The molecule has 0 radical (unpaired) electrons. The third-order valence-corrected chi connectivity index (χ3v) is 4.97. The van der Waals surface area contributed by atoms with Crippen molar-refractivity contribution in [2.75, 3.05) is 0 Å². The summed E-state index contributed by atoms with van der Waals surface area (Å²) >= 11 is 0. The van der Waals surface area contributed by atoms with Crippen LogP contribution in [0.15, 0.2) is 53.4 Å². The quantitative estimate of drug-likeness (QED) is 0.910. The number of sulfonamides is 1. The second kappa shape index (κ2) is 6.58. The highest BCUT2D eigenvalue weighted by Crippen LogP contribution is 2.24. The first-order valence-electron chi connectivity index (χ1n) is 7.14. The summed E-state index contributed by atoms with van der Waals surface area (Å²) in [5.74, 6) is -0.307. The van der Waals surface area contributed by atoms with Crippen LogP contribution >= 0.6 is 0 Å². The van der Waals surface area contributed by atoms with Crippen LogP contribution in [0.2, 0.25) is 0 Å². The lowest BCUT2D eigenvalue weighted by Gasteiger charge is -2.23. The van der Waals surface area contributed by atoms with Crippen LogP contribution in [0.25, 0.3) is 0 Å². The summed E-state index contributed by atoms with van der Waals surface area (Å²) in [6, 6.07) is 12.2. The lowest BCUT2D eigenvalue weighted by molar-refractivity contribution is 0.462. The van der Waals surface area contributed by atoms with E-state index in [9.17, 15) is 12.8 Å². The third kappa shape index (κ3) is 3.93. The zero-order valence-electron chi connectivity index (χ0n) is 12.9. The average molecular weight is 321 g/mol. The number of halogens is 1. The zero-order valence-corrected chi connectivity index (χ0v) is 13.7. The van der Waals surface area contributed by atoms with Crippen LogP contribution in [-0.2, 0) is 10.0 Å². The molecule has 22 heavy (non-hydrogen) atoms. The minimum atomic E-state index is -3.62. The molecule has 0 aliphatic heterocycles. The molecule has 3 nitrogen and oxygen atoms in total. The summed E-state index contributed by atoms with van der Waals surface area (Å²) in [5, 5.41) is 0. The van der Waals surface area contributed by atoms with Crippen LogP contribution in [0, 0.1) is 18.7 Å². The van der Waals surface area contributed by atoms with Crippen molar-refractivity contribution in [3.63, 3.8) is 0 Å². The van der Waals surface area contributed by atoms with Crippen LogP contribution in [0.3, 0.4) is 0 Å². The SMILES string of the molecule is Cc1ccc(S(=O)(=O)NC(c2ccc(F)cc2)C(C)C)cc1. The summed E-state index contributed by atoms with van der Waals surface area (Å²) in [6.07, 6.45) is 0. The first-order chi connectivity index (χ1) is 10.3. The molecule has 2 aromatic carbocycles. The van der Waals surface area contributed by atoms with Gasteiger partial charge in [0.2, 0.25) is 10.0 Å². The van der Waals surface area contributed by atoms with Gasteiger partial charge in [0.1, 0.15) is 5.82 Å². The molecule has 0 spiro atoms. The van der Waals surface area contributed by atoms with E-state index in [4.69, 9.17) is 0 Å². The molecule has 0 bridgehead atoms. The van der Waals surface area contributed by atoms with Gasteiger partial charge in [-0.15, -0.1) is 0 Å². The summed E-state index contributed by atoms with van der Waals surface area (Å²) < 4.78 is 40.8. The van der Waals surface area contributed by atoms with Gasteiger partial charge in [0.05, 0.1) is 4.90 Å². The Hall–Kier alpha value is -1.72. The van der Waals surface area contributed by atoms with E-state index in [1.807, 2.05) is 20.8 Å². The normalized spacial score (nSPS) is 13.3. The van der Waals surface area contributed by atoms with Crippen LogP contribution in [0.5, 0.6) is 0 Å². The molecule has 0 aliphatic rings. The van der Waals surface area contributed by atoms with Crippen LogP contribution in [-0.4, -0.2) is 8.42 Å². The highest BCUT2D eigenvalue weighted by molar-refractivity contribution is 7.89. The van der Waals surface area contributed by atoms with Crippen molar-refractivity contribution in [1.29, 1.82) is 0 Å². The van der Waals surface area contributed by atoms with Crippen molar-refractivity contribution < 1.29 is 12.8 Å². The number of benzene rings is 2. The molecule has 2 rings (SSSR count). The molecule has 0 fully saturated rings. The van der Waals surface area contributed by atoms with Gasteiger partial charge >= 0.3 is 0 Å². The summed E-state index contributed by atoms with van der Waals surface area (Å²) in [4.78, 5) is 0.228. The lowest BCUT2D eigenvalue weighted by Crippen LogP contribution is -2.31. The summed E-state index contributed by atoms with van der Waals surface area (Å²) in [7, 11) is -3.62. The van der Waals surface area contributed by atoms with Crippen molar-refractivity contribution in [2.45, 2.75) is 31.7 Å². The van der Waals surface area contributed by atoms with Gasteiger partial charge in [-0.25, -0.2) is 17.5 Å². The third-order valence-electron chi connectivity index (χ3n) is 3.51. The van der Waals surface area contributed by atoms with Crippen molar-refractivity contribution in [3.8, 4) is 0 Å². The second-order valence-corrected chi connectivity index (χ2v) is 7.42. The fourth-order valence-electron chi connectivity index (χ4n) is 2.21. The number of hydrogen-bond acceptors (Lipinski definition) is 2. The second-order valence-electron chi connectivity index (χ2n) is 5.71. The Bertz CT molecular complexity index is 722. The number of nitrogens with one attached hydrogen (secondary N) is 1. The van der Waals surface area contributed by atoms with Crippen LogP contribution in [0.4, 0.5) is 4.39 Å². The predicted molar refractivity (Wildman–Crippen MR) is 85.5 cm³/mol. The predicted octanol–water partition coefficient (Wildman–Crippen LogP) is 3.81. The van der Waals surface area contributed by atoms with E-state index < -0.39 is 16.1 Å². The topological polar surface area (TPSA) is 46.2 Å². The molecule has 0 heterocycles. The Morgan fingerprint density at radius 1 is 0.955 bits per heavy atom. The van der Waals surface area contributed by atoms with Crippen molar-refractivity contribution >= 4 is 10.0 Å². The van der Waals surface area contributed by atoms with Crippen LogP contribution in [0.1, 0.15) is 31.0 Å². The molecule has 1 N–H and O–H groups in total. The minimum absolute atomic E-state index is 0.0330. The van der Waals surface area contributed by atoms with Crippen molar-refractivity contribution in [3.05, 3.63) is 65.5 Å². The molecular formula is C17H20FNO2S. The molecule has 118 valence electrons. The molecule has 0 saturated heterocycles. The highest BCUT2D eigenvalue weighted by Gasteiger charge is 2.23. The lowest BCUT2D eigenvalue weighted by atomic mass is 9.97. The van der Waals surface area contributed by atoms with Crippen LogP contribution < -0.4 is 4.72 Å².